The predicted molar refractivity (Wildman–Crippen MR) is 103 cm³/mol. The lowest BCUT2D eigenvalue weighted by atomic mass is 10.2. The number of aliphatic carboxylic acids is 1. The first kappa shape index (κ1) is 20.0. The van der Waals surface area contributed by atoms with Crippen LogP contribution in [0.4, 0.5) is 5.69 Å². The van der Waals surface area contributed by atoms with E-state index in [1.165, 1.54) is 6.92 Å². The van der Waals surface area contributed by atoms with Crippen molar-refractivity contribution in [3.8, 4) is 17.3 Å². The molecule has 0 aliphatic rings. The van der Waals surface area contributed by atoms with Crippen molar-refractivity contribution in [3.63, 3.8) is 0 Å². The van der Waals surface area contributed by atoms with Crippen molar-refractivity contribution in [1.82, 2.24) is 15.1 Å². The summed E-state index contributed by atoms with van der Waals surface area (Å²) >= 11 is 0. The van der Waals surface area contributed by atoms with E-state index >= 15 is 0 Å². The predicted octanol–water partition coefficient (Wildman–Crippen LogP) is 2.86. The van der Waals surface area contributed by atoms with Crippen molar-refractivity contribution in [2.24, 2.45) is 0 Å². The molecular formula is C20H20N4O5. The Balaban J connectivity index is 1.57. The van der Waals surface area contributed by atoms with E-state index in [4.69, 9.17) is 14.4 Å². The second-order valence-electron chi connectivity index (χ2n) is 6.35. The van der Waals surface area contributed by atoms with Crippen LogP contribution in [0.2, 0.25) is 0 Å². The van der Waals surface area contributed by atoms with Gasteiger partial charge in [0.2, 0.25) is 17.6 Å². The second-order valence-corrected chi connectivity index (χ2v) is 6.35. The molecule has 1 atom stereocenters. The van der Waals surface area contributed by atoms with Gasteiger partial charge in [-0.05, 0) is 37.6 Å². The Hall–Kier alpha value is -3.75. The van der Waals surface area contributed by atoms with Crippen LogP contribution in [-0.4, -0.2) is 38.2 Å². The quantitative estimate of drug-likeness (QED) is 0.595. The minimum absolute atomic E-state index is 0.138. The molecule has 3 aromatic rings. The van der Waals surface area contributed by atoms with Crippen LogP contribution in [0.15, 0.2) is 47.1 Å². The van der Waals surface area contributed by atoms with Gasteiger partial charge in [-0.2, -0.15) is 4.98 Å². The number of amides is 1. The second kappa shape index (κ2) is 8.96. The average Bonchev–Trinajstić information content (AvgIpc) is 3.18. The number of hydrogen-bond donors (Lipinski definition) is 2. The van der Waals surface area contributed by atoms with Crippen LogP contribution in [0.5, 0.6) is 5.75 Å². The lowest BCUT2D eigenvalue weighted by Gasteiger charge is -2.14. The van der Waals surface area contributed by atoms with Crippen LogP contribution < -0.4 is 10.1 Å². The monoisotopic (exact) mass is 396 g/mol. The third-order valence-corrected chi connectivity index (χ3v) is 4.05. The van der Waals surface area contributed by atoms with E-state index < -0.39 is 12.1 Å². The first-order chi connectivity index (χ1) is 13.9. The number of carboxylic acids is 1. The number of ether oxygens (including phenoxy) is 1. The average molecular weight is 396 g/mol. The van der Waals surface area contributed by atoms with Crippen molar-refractivity contribution in [1.29, 1.82) is 0 Å². The molecule has 0 saturated carbocycles. The van der Waals surface area contributed by atoms with Gasteiger partial charge >= 0.3 is 5.97 Å². The summed E-state index contributed by atoms with van der Waals surface area (Å²) in [5.41, 5.74) is 1.87. The largest absolute Gasteiger partial charge is 0.479 e. The molecule has 150 valence electrons. The molecule has 0 radical (unpaired) electrons. The SMILES string of the molecule is Cc1ccc(NC(=O)CCc2nc(-c3ccccn3)no2)cc1OC(C)C(=O)O. The molecule has 1 amide bonds. The topological polar surface area (TPSA) is 127 Å². The molecule has 0 fully saturated rings. The highest BCUT2D eigenvalue weighted by molar-refractivity contribution is 5.91. The Bertz CT molecular complexity index is 1000. The molecule has 9 nitrogen and oxygen atoms in total. The molecule has 2 heterocycles. The van der Waals surface area contributed by atoms with E-state index in [2.05, 4.69) is 20.4 Å². The van der Waals surface area contributed by atoms with Crippen LogP contribution in [0.25, 0.3) is 11.5 Å². The number of aryl methyl sites for hydroxylation is 2. The summed E-state index contributed by atoms with van der Waals surface area (Å²) in [6.45, 7) is 3.24. The lowest BCUT2D eigenvalue weighted by molar-refractivity contribution is -0.144. The number of pyridine rings is 1. The number of rotatable bonds is 8. The molecule has 3 rings (SSSR count). The van der Waals surface area contributed by atoms with Gasteiger partial charge in [0.05, 0.1) is 0 Å². The van der Waals surface area contributed by atoms with Gasteiger partial charge in [-0.25, -0.2) is 4.79 Å². The zero-order valence-electron chi connectivity index (χ0n) is 16.0. The third-order valence-electron chi connectivity index (χ3n) is 4.05. The summed E-state index contributed by atoms with van der Waals surface area (Å²) in [5, 5.41) is 15.6. The zero-order valence-corrected chi connectivity index (χ0v) is 16.0. The maximum atomic E-state index is 12.2. The summed E-state index contributed by atoms with van der Waals surface area (Å²) in [6, 6.07) is 10.4. The molecule has 0 saturated heterocycles. The van der Waals surface area contributed by atoms with Gasteiger partial charge in [-0.15, -0.1) is 0 Å². The van der Waals surface area contributed by atoms with Crippen LogP contribution in [0.3, 0.4) is 0 Å². The van der Waals surface area contributed by atoms with Crippen molar-refractivity contribution in [3.05, 3.63) is 54.0 Å². The van der Waals surface area contributed by atoms with E-state index in [-0.39, 0.29) is 18.7 Å². The molecule has 0 aliphatic carbocycles. The van der Waals surface area contributed by atoms with Crippen LogP contribution in [0.1, 0.15) is 24.8 Å². The van der Waals surface area contributed by atoms with Crippen molar-refractivity contribution in [2.45, 2.75) is 32.8 Å². The number of carbonyl (C=O) groups excluding carboxylic acids is 1. The maximum absolute atomic E-state index is 12.2. The molecule has 29 heavy (non-hydrogen) atoms. The van der Waals surface area contributed by atoms with Crippen LogP contribution >= 0.6 is 0 Å². The Morgan fingerprint density at radius 3 is 2.83 bits per heavy atom. The van der Waals surface area contributed by atoms with Gasteiger partial charge in [0.15, 0.2) is 6.10 Å². The van der Waals surface area contributed by atoms with Crippen molar-refractivity contribution in [2.75, 3.05) is 5.32 Å². The fraction of sp³-hybridized carbons (Fsp3) is 0.250. The number of nitrogens with zero attached hydrogens (tertiary/aromatic N) is 3. The van der Waals surface area contributed by atoms with E-state index in [1.807, 2.05) is 6.07 Å². The zero-order chi connectivity index (χ0) is 20.8. The van der Waals surface area contributed by atoms with Crippen molar-refractivity contribution < 1.29 is 24.0 Å². The number of aromatic nitrogens is 3. The van der Waals surface area contributed by atoms with Gasteiger partial charge < -0.3 is 19.7 Å². The van der Waals surface area contributed by atoms with Gasteiger partial charge in [0, 0.05) is 30.8 Å². The summed E-state index contributed by atoms with van der Waals surface area (Å²) in [5.74, 6) is -0.209. The maximum Gasteiger partial charge on any atom is 0.344 e. The summed E-state index contributed by atoms with van der Waals surface area (Å²) < 4.78 is 10.6. The van der Waals surface area contributed by atoms with Crippen molar-refractivity contribution >= 4 is 17.6 Å². The first-order valence-corrected chi connectivity index (χ1v) is 8.96. The Morgan fingerprint density at radius 2 is 2.10 bits per heavy atom. The fourth-order valence-electron chi connectivity index (χ4n) is 2.45. The highest BCUT2D eigenvalue weighted by Crippen LogP contribution is 2.24. The lowest BCUT2D eigenvalue weighted by Crippen LogP contribution is -2.23. The van der Waals surface area contributed by atoms with Gasteiger partial charge in [-0.3, -0.25) is 9.78 Å². The minimum Gasteiger partial charge on any atom is -0.479 e. The molecule has 9 heteroatoms. The van der Waals surface area contributed by atoms with E-state index in [1.54, 1.807) is 43.5 Å². The highest BCUT2D eigenvalue weighted by atomic mass is 16.5. The number of carbonyl (C=O) groups is 2. The van der Waals surface area contributed by atoms with Crippen LogP contribution in [0, 0.1) is 6.92 Å². The Labute approximate surface area is 166 Å². The molecule has 1 aromatic carbocycles. The number of anilines is 1. The molecule has 2 aromatic heterocycles. The van der Waals surface area contributed by atoms with Gasteiger partial charge in [0.1, 0.15) is 11.4 Å². The van der Waals surface area contributed by atoms with E-state index in [0.29, 0.717) is 28.8 Å². The van der Waals surface area contributed by atoms with Gasteiger partial charge in [-0.1, -0.05) is 17.3 Å². The number of nitrogens with one attached hydrogen (secondary N) is 1. The number of hydrogen-bond acceptors (Lipinski definition) is 7. The van der Waals surface area contributed by atoms with E-state index in [9.17, 15) is 9.59 Å². The standard InChI is InChI=1S/C20H20N4O5/c1-12-6-7-14(11-16(12)28-13(2)20(26)27)22-17(25)8-9-18-23-19(24-29-18)15-5-3-4-10-21-15/h3-7,10-11,13H,8-9H2,1-2H3,(H,22,25)(H,26,27). The molecule has 0 bridgehead atoms. The number of benzene rings is 1. The highest BCUT2D eigenvalue weighted by Gasteiger charge is 2.15. The smallest absolute Gasteiger partial charge is 0.344 e. The van der Waals surface area contributed by atoms with E-state index in [0.717, 1.165) is 5.56 Å². The molecule has 0 spiro atoms. The fourth-order valence-corrected chi connectivity index (χ4v) is 2.45. The molecule has 1 unspecified atom stereocenters. The summed E-state index contributed by atoms with van der Waals surface area (Å²) in [7, 11) is 0. The van der Waals surface area contributed by atoms with Gasteiger partial charge in [0.25, 0.3) is 0 Å². The molecule has 2 N–H and O–H groups in total. The summed E-state index contributed by atoms with van der Waals surface area (Å²) in [4.78, 5) is 31.6. The first-order valence-electron chi connectivity index (χ1n) is 8.96. The summed E-state index contributed by atoms with van der Waals surface area (Å²) in [6.07, 6.45) is 1.05. The van der Waals surface area contributed by atoms with Crippen LogP contribution in [-0.2, 0) is 16.0 Å². The Morgan fingerprint density at radius 1 is 1.28 bits per heavy atom. The Kier molecular flexibility index (Phi) is 6.18. The molecular weight excluding hydrogens is 376 g/mol. The molecule has 0 aliphatic heterocycles. The number of carboxylic acid groups (broad SMARTS) is 1. The normalized spacial score (nSPS) is 11.7. The third kappa shape index (κ3) is 5.38. The minimum atomic E-state index is -1.07.